The zero-order valence-electron chi connectivity index (χ0n) is 16.8. The van der Waals surface area contributed by atoms with E-state index < -0.39 is 0 Å². The number of rotatable bonds is 7. The maximum atomic E-state index is 12.7. The molecule has 146 valence electrons. The largest absolute Gasteiger partial charge is 0.344 e. The maximum Gasteiger partial charge on any atom is 0.231 e. The zero-order chi connectivity index (χ0) is 20.3. The van der Waals surface area contributed by atoms with Gasteiger partial charge in [-0.2, -0.15) is 5.10 Å². The second-order valence-electron chi connectivity index (χ2n) is 7.13. The van der Waals surface area contributed by atoms with E-state index in [1.165, 1.54) is 0 Å². The van der Waals surface area contributed by atoms with E-state index in [4.69, 9.17) is 0 Å². The molecule has 0 radical (unpaired) electrons. The van der Waals surface area contributed by atoms with Gasteiger partial charge in [0.1, 0.15) is 0 Å². The molecule has 2 aromatic heterocycles. The molecule has 0 aliphatic carbocycles. The van der Waals surface area contributed by atoms with Crippen molar-refractivity contribution in [3.05, 3.63) is 71.2 Å². The molecule has 6 nitrogen and oxygen atoms in total. The second-order valence-corrected chi connectivity index (χ2v) is 7.13. The first kappa shape index (κ1) is 19.6. The molecule has 1 unspecified atom stereocenters. The van der Waals surface area contributed by atoms with Crippen LogP contribution >= 0.6 is 0 Å². The Bertz CT molecular complexity index is 982. The molecule has 2 heterocycles. The van der Waals surface area contributed by atoms with Gasteiger partial charge in [0.15, 0.2) is 5.82 Å². The summed E-state index contributed by atoms with van der Waals surface area (Å²) in [5, 5.41) is 7.21. The van der Waals surface area contributed by atoms with Gasteiger partial charge in [-0.1, -0.05) is 36.8 Å². The van der Waals surface area contributed by atoms with Crippen LogP contribution in [0.4, 0.5) is 5.82 Å². The fourth-order valence-electron chi connectivity index (χ4n) is 3.00. The van der Waals surface area contributed by atoms with Crippen LogP contribution in [0.3, 0.4) is 0 Å². The number of benzene rings is 1. The quantitative estimate of drug-likeness (QED) is 0.634. The number of amides is 1. The Balaban J connectivity index is 1.68. The van der Waals surface area contributed by atoms with Gasteiger partial charge in [0.2, 0.25) is 11.7 Å². The highest BCUT2D eigenvalue weighted by Gasteiger charge is 2.17. The van der Waals surface area contributed by atoms with Crippen LogP contribution in [0.1, 0.15) is 53.6 Å². The molecule has 1 atom stereocenters. The van der Waals surface area contributed by atoms with Gasteiger partial charge in [-0.3, -0.25) is 14.3 Å². The summed E-state index contributed by atoms with van der Waals surface area (Å²) >= 11 is 0. The highest BCUT2D eigenvalue weighted by molar-refractivity contribution is 6.08. The minimum Gasteiger partial charge on any atom is -0.344 e. The second kappa shape index (κ2) is 8.25. The summed E-state index contributed by atoms with van der Waals surface area (Å²) in [6.07, 6.45) is 3.01. The molecular weight excluding hydrogens is 352 g/mol. The van der Waals surface area contributed by atoms with E-state index in [0.717, 1.165) is 17.7 Å². The third-order valence-electron chi connectivity index (χ3n) is 5.03. The topological polar surface area (TPSA) is 68.9 Å². The number of carbonyl (C=O) groups excluding carboxylic acids is 2. The molecule has 3 rings (SSSR count). The average molecular weight is 378 g/mol. The highest BCUT2D eigenvalue weighted by Crippen LogP contribution is 2.16. The first-order valence-corrected chi connectivity index (χ1v) is 9.50. The molecule has 0 aliphatic heterocycles. The third kappa shape index (κ3) is 4.22. The van der Waals surface area contributed by atoms with Crippen molar-refractivity contribution in [2.24, 2.45) is 7.05 Å². The normalized spacial score (nSPS) is 12.0. The standard InChI is InChI=1S/C22H26N4O2/c1-5-16(3)26-13-12-20(24-26)23-21(27)14-18-10-11-19(25(18)4)22(28)17-8-6-15(2)7-9-17/h6-13,16H,5,14H2,1-4H3,(H,23,24,27). The number of ketones is 1. The van der Waals surface area contributed by atoms with Crippen LogP contribution in [0.25, 0.3) is 0 Å². The minimum absolute atomic E-state index is 0.0542. The number of anilines is 1. The lowest BCUT2D eigenvalue weighted by Gasteiger charge is -2.09. The van der Waals surface area contributed by atoms with Gasteiger partial charge in [0.25, 0.3) is 0 Å². The Morgan fingerprint density at radius 1 is 1.11 bits per heavy atom. The summed E-state index contributed by atoms with van der Waals surface area (Å²) in [5.41, 5.74) is 3.08. The molecule has 0 aliphatic rings. The summed E-state index contributed by atoms with van der Waals surface area (Å²) in [4.78, 5) is 25.1. The van der Waals surface area contributed by atoms with Crippen LogP contribution in [0.5, 0.6) is 0 Å². The number of aromatic nitrogens is 3. The van der Waals surface area contributed by atoms with Gasteiger partial charge in [-0.05, 0) is 32.4 Å². The third-order valence-corrected chi connectivity index (χ3v) is 5.03. The Hall–Kier alpha value is -3.15. The summed E-state index contributed by atoms with van der Waals surface area (Å²) in [7, 11) is 1.81. The van der Waals surface area contributed by atoms with E-state index in [1.807, 2.05) is 55.2 Å². The highest BCUT2D eigenvalue weighted by atomic mass is 16.1. The molecule has 0 spiro atoms. The Morgan fingerprint density at radius 3 is 2.50 bits per heavy atom. The monoisotopic (exact) mass is 378 g/mol. The van der Waals surface area contributed by atoms with Gasteiger partial charge < -0.3 is 9.88 Å². The van der Waals surface area contributed by atoms with Crippen molar-refractivity contribution in [1.82, 2.24) is 14.3 Å². The van der Waals surface area contributed by atoms with Crippen molar-refractivity contribution < 1.29 is 9.59 Å². The van der Waals surface area contributed by atoms with Crippen molar-refractivity contribution >= 4 is 17.5 Å². The molecule has 1 aromatic carbocycles. The molecule has 3 aromatic rings. The lowest BCUT2D eigenvalue weighted by Crippen LogP contribution is -2.18. The SMILES string of the molecule is CCC(C)n1ccc(NC(=O)Cc2ccc(C(=O)c3ccc(C)cc3)n2C)n1. The van der Waals surface area contributed by atoms with Crippen LogP contribution < -0.4 is 5.32 Å². The van der Waals surface area contributed by atoms with Crippen molar-refractivity contribution in [2.45, 2.75) is 39.7 Å². The van der Waals surface area contributed by atoms with E-state index >= 15 is 0 Å². The summed E-state index contributed by atoms with van der Waals surface area (Å²) in [6, 6.07) is 13.2. The van der Waals surface area contributed by atoms with Gasteiger partial charge in [0, 0.05) is 36.6 Å². The van der Waals surface area contributed by atoms with Crippen LogP contribution in [0, 0.1) is 6.92 Å². The van der Waals surface area contributed by atoms with Crippen molar-refractivity contribution in [3.8, 4) is 0 Å². The average Bonchev–Trinajstić information content (AvgIpc) is 3.28. The molecule has 0 fully saturated rings. The molecule has 1 N–H and O–H groups in total. The lowest BCUT2D eigenvalue weighted by atomic mass is 10.1. The summed E-state index contributed by atoms with van der Waals surface area (Å²) < 4.78 is 3.62. The number of hydrogen-bond donors (Lipinski definition) is 1. The van der Waals surface area contributed by atoms with Crippen LogP contribution in [-0.2, 0) is 18.3 Å². The summed E-state index contributed by atoms with van der Waals surface area (Å²) in [5.74, 6) is 0.321. The smallest absolute Gasteiger partial charge is 0.231 e. The van der Waals surface area contributed by atoms with Crippen LogP contribution in [-0.4, -0.2) is 26.0 Å². The van der Waals surface area contributed by atoms with Gasteiger partial charge in [-0.15, -0.1) is 0 Å². The molecule has 28 heavy (non-hydrogen) atoms. The molecule has 1 amide bonds. The molecule has 6 heteroatoms. The Kier molecular flexibility index (Phi) is 5.78. The van der Waals surface area contributed by atoms with Gasteiger partial charge in [0.05, 0.1) is 12.1 Å². The molecular formula is C22H26N4O2. The van der Waals surface area contributed by atoms with E-state index in [1.54, 1.807) is 16.7 Å². The minimum atomic E-state index is -0.162. The first-order chi connectivity index (χ1) is 13.4. The molecule has 0 saturated heterocycles. The predicted octanol–water partition coefficient (Wildman–Crippen LogP) is 3.91. The van der Waals surface area contributed by atoms with Crippen molar-refractivity contribution in [1.29, 1.82) is 0 Å². The van der Waals surface area contributed by atoms with Gasteiger partial charge >= 0.3 is 0 Å². The van der Waals surface area contributed by atoms with Gasteiger partial charge in [-0.25, -0.2) is 0 Å². The fourth-order valence-corrected chi connectivity index (χ4v) is 3.00. The fraction of sp³-hybridized carbons (Fsp3) is 0.318. The number of hydrogen-bond acceptors (Lipinski definition) is 3. The number of nitrogens with zero attached hydrogens (tertiary/aromatic N) is 3. The van der Waals surface area contributed by atoms with Crippen LogP contribution in [0.2, 0.25) is 0 Å². The Labute approximate surface area is 165 Å². The van der Waals surface area contributed by atoms with Crippen molar-refractivity contribution in [3.63, 3.8) is 0 Å². The van der Waals surface area contributed by atoms with Crippen LogP contribution in [0.15, 0.2) is 48.7 Å². The van der Waals surface area contributed by atoms with E-state index in [-0.39, 0.29) is 24.2 Å². The number of nitrogens with one attached hydrogen (secondary N) is 1. The van der Waals surface area contributed by atoms with E-state index in [2.05, 4.69) is 24.3 Å². The first-order valence-electron chi connectivity index (χ1n) is 9.50. The lowest BCUT2D eigenvalue weighted by molar-refractivity contribution is -0.115. The zero-order valence-corrected chi connectivity index (χ0v) is 16.8. The molecule has 0 saturated carbocycles. The summed E-state index contributed by atoms with van der Waals surface area (Å²) in [6.45, 7) is 6.16. The predicted molar refractivity (Wildman–Crippen MR) is 110 cm³/mol. The number of aryl methyl sites for hydroxylation is 1. The number of carbonyl (C=O) groups is 2. The van der Waals surface area contributed by atoms with E-state index in [0.29, 0.717) is 17.1 Å². The van der Waals surface area contributed by atoms with E-state index in [9.17, 15) is 9.59 Å². The Morgan fingerprint density at radius 2 is 1.82 bits per heavy atom. The maximum absolute atomic E-state index is 12.7. The van der Waals surface area contributed by atoms with Crippen molar-refractivity contribution in [2.75, 3.05) is 5.32 Å². The molecule has 0 bridgehead atoms.